The summed E-state index contributed by atoms with van der Waals surface area (Å²) in [6.07, 6.45) is 8.94. The van der Waals surface area contributed by atoms with Gasteiger partial charge < -0.3 is 15.4 Å². The summed E-state index contributed by atoms with van der Waals surface area (Å²) in [6.45, 7) is 1.94. The predicted octanol–water partition coefficient (Wildman–Crippen LogP) is 2.36. The Hall–Kier alpha value is -2.91. The molecule has 3 aromatic heterocycles. The Morgan fingerprint density at radius 2 is 2.04 bits per heavy atom. The normalized spacial score (nSPS) is 15.9. The number of aliphatic hydroxyl groups is 1. The molecule has 1 fully saturated rings. The standard InChI is InChI=1S/C19H19N5O/c1-13-11-22-18(20)23-17(13)24-9-5-14-12-21-15(10-16(14)24)4-8-19(25)6-2-3-7-19/h5,9-12,25H,2-3,6-7H2,1H3,(H2,20,22,23). The fourth-order valence-electron chi connectivity index (χ4n) is 3.24. The number of nitrogens with two attached hydrogens (primary N) is 1. The van der Waals surface area contributed by atoms with Crippen LogP contribution in [0.4, 0.5) is 5.95 Å². The average Bonchev–Trinajstić information content (AvgIpc) is 3.22. The first-order chi connectivity index (χ1) is 12.0. The van der Waals surface area contributed by atoms with Crippen molar-refractivity contribution in [3.63, 3.8) is 0 Å². The summed E-state index contributed by atoms with van der Waals surface area (Å²) in [5.41, 5.74) is 7.38. The Kier molecular flexibility index (Phi) is 3.66. The molecule has 0 amide bonds. The largest absolute Gasteiger partial charge is 0.378 e. The highest BCUT2D eigenvalue weighted by Gasteiger charge is 2.28. The van der Waals surface area contributed by atoms with Crippen LogP contribution in [0.1, 0.15) is 36.9 Å². The number of aromatic nitrogens is 4. The van der Waals surface area contributed by atoms with Crippen molar-refractivity contribution in [3.05, 3.63) is 42.0 Å². The Morgan fingerprint density at radius 1 is 1.24 bits per heavy atom. The lowest BCUT2D eigenvalue weighted by atomic mass is 10.0. The molecule has 126 valence electrons. The number of pyridine rings is 1. The Morgan fingerprint density at radius 3 is 2.84 bits per heavy atom. The van der Waals surface area contributed by atoms with E-state index in [2.05, 4.69) is 26.8 Å². The SMILES string of the molecule is Cc1cnc(N)nc1-n1ccc2cnc(C#CC3(O)CCCC3)cc21. The quantitative estimate of drug-likeness (QED) is 0.667. The number of nitrogens with zero attached hydrogens (tertiary/aromatic N) is 4. The molecule has 6 nitrogen and oxygen atoms in total. The average molecular weight is 333 g/mol. The number of fused-ring (bicyclic) bond motifs is 1. The van der Waals surface area contributed by atoms with Crippen molar-refractivity contribution in [3.8, 4) is 17.7 Å². The summed E-state index contributed by atoms with van der Waals surface area (Å²) in [4.78, 5) is 12.8. The monoisotopic (exact) mass is 333 g/mol. The third-order valence-electron chi connectivity index (χ3n) is 4.62. The van der Waals surface area contributed by atoms with Gasteiger partial charge in [-0.25, -0.2) is 9.97 Å². The summed E-state index contributed by atoms with van der Waals surface area (Å²) in [6, 6.07) is 3.89. The van der Waals surface area contributed by atoms with Gasteiger partial charge in [0.1, 0.15) is 17.1 Å². The molecule has 3 aromatic rings. The summed E-state index contributed by atoms with van der Waals surface area (Å²) < 4.78 is 1.96. The lowest BCUT2D eigenvalue weighted by Crippen LogP contribution is -2.20. The molecule has 3 N–H and O–H groups in total. The molecule has 0 atom stereocenters. The van der Waals surface area contributed by atoms with Crippen LogP contribution in [0.2, 0.25) is 0 Å². The topological polar surface area (TPSA) is 89.9 Å². The van der Waals surface area contributed by atoms with Crippen LogP contribution in [-0.2, 0) is 0 Å². The Balaban J connectivity index is 1.78. The van der Waals surface area contributed by atoms with Crippen LogP contribution in [0.5, 0.6) is 0 Å². The van der Waals surface area contributed by atoms with Crippen LogP contribution in [0.3, 0.4) is 0 Å². The zero-order valence-corrected chi connectivity index (χ0v) is 14.0. The molecule has 1 aliphatic carbocycles. The number of hydrogen-bond donors (Lipinski definition) is 2. The van der Waals surface area contributed by atoms with E-state index in [-0.39, 0.29) is 5.95 Å². The summed E-state index contributed by atoms with van der Waals surface area (Å²) in [7, 11) is 0. The Bertz CT molecular complexity index is 1010. The van der Waals surface area contributed by atoms with Gasteiger partial charge in [0.15, 0.2) is 0 Å². The van der Waals surface area contributed by atoms with Gasteiger partial charge >= 0.3 is 0 Å². The van der Waals surface area contributed by atoms with E-state index < -0.39 is 5.60 Å². The fourth-order valence-corrected chi connectivity index (χ4v) is 3.24. The van der Waals surface area contributed by atoms with Crippen molar-refractivity contribution in [2.45, 2.75) is 38.2 Å². The molecule has 1 saturated carbocycles. The smallest absolute Gasteiger partial charge is 0.221 e. The van der Waals surface area contributed by atoms with Crippen LogP contribution < -0.4 is 5.73 Å². The zero-order valence-electron chi connectivity index (χ0n) is 14.0. The van der Waals surface area contributed by atoms with Crippen molar-refractivity contribution in [1.82, 2.24) is 19.5 Å². The van der Waals surface area contributed by atoms with Crippen molar-refractivity contribution >= 4 is 16.9 Å². The van der Waals surface area contributed by atoms with E-state index in [9.17, 15) is 5.11 Å². The molecule has 1 aliphatic rings. The van der Waals surface area contributed by atoms with Crippen molar-refractivity contribution in [2.24, 2.45) is 0 Å². The molecule has 4 rings (SSSR count). The lowest BCUT2D eigenvalue weighted by Gasteiger charge is -2.12. The fraction of sp³-hybridized carbons (Fsp3) is 0.316. The van der Waals surface area contributed by atoms with Gasteiger partial charge in [-0.1, -0.05) is 5.92 Å². The number of nitrogen functional groups attached to an aromatic ring is 1. The summed E-state index contributed by atoms with van der Waals surface area (Å²) >= 11 is 0. The molecule has 0 radical (unpaired) electrons. The molecule has 0 saturated heterocycles. The molecule has 6 heteroatoms. The second-order valence-electron chi connectivity index (χ2n) is 6.54. The minimum atomic E-state index is -0.865. The van der Waals surface area contributed by atoms with Crippen LogP contribution in [0, 0.1) is 18.8 Å². The van der Waals surface area contributed by atoms with Gasteiger partial charge in [-0.2, -0.15) is 4.98 Å². The molecule has 0 aromatic carbocycles. The van der Waals surface area contributed by atoms with E-state index in [1.165, 1.54) is 0 Å². The van der Waals surface area contributed by atoms with E-state index in [4.69, 9.17) is 5.73 Å². The third-order valence-corrected chi connectivity index (χ3v) is 4.62. The van der Waals surface area contributed by atoms with E-state index in [1.54, 1.807) is 12.4 Å². The van der Waals surface area contributed by atoms with E-state index in [0.29, 0.717) is 5.69 Å². The highest BCUT2D eigenvalue weighted by Crippen LogP contribution is 2.28. The zero-order chi connectivity index (χ0) is 17.4. The van der Waals surface area contributed by atoms with E-state index in [0.717, 1.165) is 48.0 Å². The van der Waals surface area contributed by atoms with Gasteiger partial charge in [-0.3, -0.25) is 0 Å². The molecule has 0 aliphatic heterocycles. The molecule has 3 heterocycles. The van der Waals surface area contributed by atoms with Gasteiger partial charge in [0.2, 0.25) is 5.95 Å². The predicted molar refractivity (Wildman–Crippen MR) is 96.1 cm³/mol. The van der Waals surface area contributed by atoms with Gasteiger partial charge in [-0.05, 0) is 50.7 Å². The number of rotatable bonds is 1. The summed E-state index contributed by atoms with van der Waals surface area (Å²) in [5, 5.41) is 11.4. The highest BCUT2D eigenvalue weighted by atomic mass is 16.3. The lowest BCUT2D eigenvalue weighted by molar-refractivity contribution is 0.110. The van der Waals surface area contributed by atoms with Gasteiger partial charge in [0.05, 0.1) is 5.52 Å². The first-order valence-electron chi connectivity index (χ1n) is 8.36. The molecule has 0 unspecified atom stereocenters. The minimum Gasteiger partial charge on any atom is -0.378 e. The minimum absolute atomic E-state index is 0.236. The van der Waals surface area contributed by atoms with Crippen LogP contribution in [0.25, 0.3) is 16.7 Å². The number of hydrogen-bond acceptors (Lipinski definition) is 5. The number of aryl methyl sites for hydroxylation is 1. The van der Waals surface area contributed by atoms with E-state index >= 15 is 0 Å². The van der Waals surface area contributed by atoms with Gasteiger partial charge in [0, 0.05) is 29.5 Å². The second kappa shape index (κ2) is 5.87. The van der Waals surface area contributed by atoms with Crippen LogP contribution >= 0.6 is 0 Å². The van der Waals surface area contributed by atoms with Crippen molar-refractivity contribution < 1.29 is 5.11 Å². The molecule has 25 heavy (non-hydrogen) atoms. The first kappa shape index (κ1) is 15.6. The van der Waals surface area contributed by atoms with Crippen molar-refractivity contribution in [1.29, 1.82) is 0 Å². The maximum absolute atomic E-state index is 10.4. The third kappa shape index (κ3) is 2.94. The maximum atomic E-state index is 10.4. The maximum Gasteiger partial charge on any atom is 0.221 e. The highest BCUT2D eigenvalue weighted by molar-refractivity contribution is 5.82. The van der Waals surface area contributed by atoms with Crippen LogP contribution in [0.15, 0.2) is 30.7 Å². The molecule has 0 spiro atoms. The molecule has 0 bridgehead atoms. The van der Waals surface area contributed by atoms with Crippen molar-refractivity contribution in [2.75, 3.05) is 5.73 Å². The van der Waals surface area contributed by atoms with Gasteiger partial charge in [-0.15, -0.1) is 0 Å². The van der Waals surface area contributed by atoms with Gasteiger partial charge in [0.25, 0.3) is 0 Å². The molecular formula is C19H19N5O. The van der Waals surface area contributed by atoms with E-state index in [1.807, 2.05) is 29.8 Å². The second-order valence-corrected chi connectivity index (χ2v) is 6.54. The number of anilines is 1. The first-order valence-corrected chi connectivity index (χ1v) is 8.36. The summed E-state index contributed by atoms with van der Waals surface area (Å²) in [5.74, 6) is 7.00. The molecular weight excluding hydrogens is 314 g/mol. The Labute approximate surface area is 145 Å². The van der Waals surface area contributed by atoms with Crippen LogP contribution in [-0.4, -0.2) is 30.2 Å².